The molecule has 0 bridgehead atoms. The van der Waals surface area contributed by atoms with E-state index in [1.54, 1.807) is 0 Å². The number of rotatable bonds is 1. The summed E-state index contributed by atoms with van der Waals surface area (Å²) < 4.78 is 5.64. The molecule has 0 aliphatic rings. The maximum Gasteiger partial charge on any atom is 0.230 e. The van der Waals surface area contributed by atoms with Crippen molar-refractivity contribution in [2.75, 3.05) is 0 Å². The molecule has 0 saturated carbocycles. The van der Waals surface area contributed by atoms with Gasteiger partial charge >= 0.3 is 0 Å². The highest BCUT2D eigenvalue weighted by Crippen LogP contribution is 2.39. The van der Waals surface area contributed by atoms with Crippen molar-refractivity contribution in [1.29, 1.82) is 0 Å². The molecule has 1 heterocycles. The largest absolute Gasteiger partial charge is 0.507 e. The molecule has 0 aliphatic carbocycles. The van der Waals surface area contributed by atoms with E-state index in [-0.39, 0.29) is 5.75 Å². The average Bonchev–Trinajstić information content (AvgIpc) is 2.64. The third-order valence-corrected chi connectivity index (χ3v) is 3.90. The van der Waals surface area contributed by atoms with Gasteiger partial charge in [-0.2, -0.15) is 0 Å². The van der Waals surface area contributed by atoms with Gasteiger partial charge in [-0.25, -0.2) is 4.98 Å². The van der Waals surface area contributed by atoms with E-state index in [9.17, 15) is 5.11 Å². The van der Waals surface area contributed by atoms with Gasteiger partial charge in [0.2, 0.25) is 5.89 Å². The Balaban J connectivity index is 2.79. The van der Waals surface area contributed by atoms with Crippen LogP contribution in [-0.2, 0) is 0 Å². The molecule has 0 unspecified atom stereocenters. The number of benzene rings is 1. The number of oxazole rings is 1. The predicted molar refractivity (Wildman–Crippen MR) is 72.0 cm³/mol. The van der Waals surface area contributed by atoms with E-state index >= 15 is 0 Å². The second-order valence-electron chi connectivity index (χ2n) is 4.88. The molecular weight excluding hydrogens is 226 g/mol. The van der Waals surface area contributed by atoms with Gasteiger partial charge in [0.1, 0.15) is 11.5 Å². The van der Waals surface area contributed by atoms with Crippen LogP contribution >= 0.6 is 0 Å². The molecule has 0 fully saturated rings. The van der Waals surface area contributed by atoms with Crippen molar-refractivity contribution in [3.8, 4) is 17.2 Å². The minimum Gasteiger partial charge on any atom is -0.507 e. The molecule has 1 aromatic heterocycles. The third kappa shape index (κ3) is 1.70. The Morgan fingerprint density at radius 1 is 0.833 bits per heavy atom. The highest BCUT2D eigenvalue weighted by molar-refractivity contribution is 5.72. The van der Waals surface area contributed by atoms with E-state index < -0.39 is 0 Å². The van der Waals surface area contributed by atoms with E-state index in [2.05, 4.69) is 11.9 Å². The van der Waals surface area contributed by atoms with Crippen LogP contribution in [0, 0.1) is 41.5 Å². The monoisotopic (exact) mass is 245 g/mol. The van der Waals surface area contributed by atoms with Crippen molar-refractivity contribution in [1.82, 2.24) is 4.98 Å². The zero-order chi connectivity index (χ0) is 13.6. The first-order valence-corrected chi connectivity index (χ1v) is 6.08. The Bertz CT molecular complexity index is 575. The maximum absolute atomic E-state index is 10.3. The third-order valence-electron chi connectivity index (χ3n) is 3.90. The minimum absolute atomic E-state index is 0.275. The number of aryl methyl sites for hydroxylation is 2. The van der Waals surface area contributed by atoms with Crippen LogP contribution in [0.15, 0.2) is 4.42 Å². The summed E-state index contributed by atoms with van der Waals surface area (Å²) in [4.78, 5) is 4.39. The fourth-order valence-electron chi connectivity index (χ4n) is 2.13. The Labute approximate surface area is 107 Å². The first kappa shape index (κ1) is 12.7. The molecular formula is C15H19NO2. The van der Waals surface area contributed by atoms with Gasteiger partial charge in [0.15, 0.2) is 0 Å². The minimum atomic E-state index is 0.275. The van der Waals surface area contributed by atoms with Crippen LogP contribution in [-0.4, -0.2) is 10.1 Å². The van der Waals surface area contributed by atoms with Gasteiger partial charge < -0.3 is 9.52 Å². The maximum atomic E-state index is 10.3. The topological polar surface area (TPSA) is 46.3 Å². The highest BCUT2D eigenvalue weighted by atomic mass is 16.4. The fourth-order valence-corrected chi connectivity index (χ4v) is 2.13. The van der Waals surface area contributed by atoms with Crippen molar-refractivity contribution in [3.05, 3.63) is 33.7 Å². The van der Waals surface area contributed by atoms with E-state index in [1.807, 2.05) is 34.6 Å². The van der Waals surface area contributed by atoms with E-state index in [0.717, 1.165) is 28.1 Å². The van der Waals surface area contributed by atoms with E-state index in [4.69, 9.17) is 4.42 Å². The Hall–Kier alpha value is -1.77. The van der Waals surface area contributed by atoms with Crippen molar-refractivity contribution < 1.29 is 9.52 Å². The van der Waals surface area contributed by atoms with Crippen LogP contribution in [0.3, 0.4) is 0 Å². The van der Waals surface area contributed by atoms with Crippen molar-refractivity contribution in [2.24, 2.45) is 0 Å². The Kier molecular flexibility index (Phi) is 2.93. The highest BCUT2D eigenvalue weighted by Gasteiger charge is 2.20. The van der Waals surface area contributed by atoms with E-state index in [0.29, 0.717) is 11.5 Å². The molecule has 0 atom stereocenters. The molecule has 18 heavy (non-hydrogen) atoms. The molecule has 1 N–H and O–H groups in total. The van der Waals surface area contributed by atoms with Crippen molar-refractivity contribution in [2.45, 2.75) is 41.5 Å². The van der Waals surface area contributed by atoms with Gasteiger partial charge in [0, 0.05) is 0 Å². The van der Waals surface area contributed by atoms with E-state index in [1.165, 1.54) is 5.56 Å². The molecule has 0 saturated heterocycles. The number of phenolic OH excluding ortho intramolecular Hbond substituents is 1. The van der Waals surface area contributed by atoms with Gasteiger partial charge in [0.05, 0.1) is 11.3 Å². The summed E-state index contributed by atoms with van der Waals surface area (Å²) in [6.07, 6.45) is 0. The summed E-state index contributed by atoms with van der Waals surface area (Å²) >= 11 is 0. The first-order chi connectivity index (χ1) is 8.34. The predicted octanol–water partition coefficient (Wildman–Crippen LogP) is 3.90. The van der Waals surface area contributed by atoms with Crippen LogP contribution in [0.5, 0.6) is 5.75 Å². The summed E-state index contributed by atoms with van der Waals surface area (Å²) in [6.45, 7) is 11.8. The number of aromatic nitrogens is 1. The number of phenols is 1. The molecule has 96 valence electrons. The van der Waals surface area contributed by atoms with Crippen LogP contribution < -0.4 is 0 Å². The number of nitrogens with zero attached hydrogens (tertiary/aromatic N) is 1. The van der Waals surface area contributed by atoms with Gasteiger partial charge in [-0.3, -0.25) is 0 Å². The van der Waals surface area contributed by atoms with Crippen LogP contribution in [0.25, 0.3) is 11.5 Å². The average molecular weight is 245 g/mol. The fraction of sp³-hybridized carbons (Fsp3) is 0.400. The molecule has 2 aromatic rings. The number of aromatic hydroxyl groups is 1. The Morgan fingerprint density at radius 3 is 1.89 bits per heavy atom. The summed E-state index contributed by atoms with van der Waals surface area (Å²) in [5, 5.41) is 10.3. The second-order valence-corrected chi connectivity index (χ2v) is 4.88. The van der Waals surface area contributed by atoms with Crippen LogP contribution in [0.1, 0.15) is 33.7 Å². The molecule has 3 nitrogen and oxygen atoms in total. The van der Waals surface area contributed by atoms with Gasteiger partial charge in [-0.05, 0) is 63.8 Å². The molecule has 0 spiro atoms. The molecule has 0 aliphatic heterocycles. The number of hydrogen-bond donors (Lipinski definition) is 1. The van der Waals surface area contributed by atoms with Crippen molar-refractivity contribution >= 4 is 0 Å². The standard InChI is InChI=1S/C15H19NO2/c1-7-8(2)10(4)14(17)13(9(7)3)15-16-11(5)12(6)18-15/h17H,1-6H3. The summed E-state index contributed by atoms with van der Waals surface area (Å²) in [5.41, 5.74) is 5.78. The molecule has 1 aromatic carbocycles. The summed E-state index contributed by atoms with van der Waals surface area (Å²) in [6, 6.07) is 0. The lowest BCUT2D eigenvalue weighted by Gasteiger charge is -2.14. The zero-order valence-electron chi connectivity index (χ0n) is 11.8. The lowest BCUT2D eigenvalue weighted by molar-refractivity contribution is 0.466. The smallest absolute Gasteiger partial charge is 0.230 e. The normalized spacial score (nSPS) is 11.0. The van der Waals surface area contributed by atoms with Crippen molar-refractivity contribution in [3.63, 3.8) is 0 Å². The summed E-state index contributed by atoms with van der Waals surface area (Å²) in [7, 11) is 0. The molecule has 0 radical (unpaired) electrons. The molecule has 0 amide bonds. The van der Waals surface area contributed by atoms with Crippen LogP contribution in [0.4, 0.5) is 0 Å². The second kappa shape index (κ2) is 4.16. The Morgan fingerprint density at radius 2 is 1.39 bits per heavy atom. The quantitative estimate of drug-likeness (QED) is 0.828. The molecule has 3 heteroatoms. The SMILES string of the molecule is Cc1nc(-c2c(C)c(C)c(C)c(C)c2O)oc1C. The van der Waals surface area contributed by atoms with Gasteiger partial charge in [-0.15, -0.1) is 0 Å². The van der Waals surface area contributed by atoms with Gasteiger partial charge in [-0.1, -0.05) is 0 Å². The first-order valence-electron chi connectivity index (χ1n) is 6.08. The lowest BCUT2D eigenvalue weighted by Crippen LogP contribution is -1.96. The summed E-state index contributed by atoms with van der Waals surface area (Å²) in [5.74, 6) is 1.57. The molecule has 2 rings (SSSR count). The zero-order valence-corrected chi connectivity index (χ0v) is 11.8. The lowest BCUT2D eigenvalue weighted by atomic mass is 9.93. The van der Waals surface area contributed by atoms with Crippen LogP contribution in [0.2, 0.25) is 0 Å². The number of hydrogen-bond acceptors (Lipinski definition) is 3. The van der Waals surface area contributed by atoms with Gasteiger partial charge in [0.25, 0.3) is 0 Å².